The molecule has 1 unspecified atom stereocenters. The Morgan fingerprint density at radius 2 is 2.39 bits per heavy atom. The third-order valence-corrected chi connectivity index (χ3v) is 3.31. The third-order valence-electron chi connectivity index (χ3n) is 3.01. The first-order chi connectivity index (χ1) is 8.67. The van der Waals surface area contributed by atoms with E-state index in [-0.39, 0.29) is 12.1 Å². The molecule has 6 heteroatoms. The van der Waals surface area contributed by atoms with Crippen LogP contribution in [0.4, 0.5) is 4.79 Å². The Morgan fingerprint density at radius 3 is 3.00 bits per heavy atom. The van der Waals surface area contributed by atoms with Gasteiger partial charge in [0.15, 0.2) is 0 Å². The molecule has 1 aliphatic rings. The number of hydrogen-bond donors (Lipinski definition) is 2. The number of nitrogens with zero attached hydrogens (tertiary/aromatic N) is 1. The van der Waals surface area contributed by atoms with Gasteiger partial charge in [0, 0.05) is 19.6 Å². The smallest absolute Gasteiger partial charge is 0.318 e. The number of amides is 2. The predicted octanol–water partition coefficient (Wildman–Crippen LogP) is 1.37. The number of hydrogen-bond acceptors (Lipinski definition) is 3. The van der Waals surface area contributed by atoms with Crippen molar-refractivity contribution in [3.8, 4) is 5.75 Å². The maximum atomic E-state index is 11.7. The van der Waals surface area contributed by atoms with Gasteiger partial charge in [0.1, 0.15) is 5.75 Å². The second kappa shape index (κ2) is 5.46. The molecule has 2 amide bonds. The van der Waals surface area contributed by atoms with Gasteiger partial charge in [-0.15, -0.1) is 0 Å². The van der Waals surface area contributed by atoms with Crippen LogP contribution in [0, 0.1) is 0 Å². The SMILES string of the molecule is COc1ccc(C2CNC(=O)N2CCN)cc1Cl. The van der Waals surface area contributed by atoms with E-state index in [4.69, 9.17) is 22.1 Å². The average molecular weight is 270 g/mol. The minimum atomic E-state index is -0.0857. The second-order valence-corrected chi connectivity index (χ2v) is 4.49. The Labute approximate surface area is 111 Å². The number of nitrogens with two attached hydrogens (primary N) is 1. The molecule has 1 fully saturated rings. The van der Waals surface area contributed by atoms with Crippen molar-refractivity contribution in [2.24, 2.45) is 5.73 Å². The van der Waals surface area contributed by atoms with E-state index in [1.54, 1.807) is 18.1 Å². The van der Waals surface area contributed by atoms with Crippen LogP contribution in [-0.4, -0.2) is 37.7 Å². The van der Waals surface area contributed by atoms with Crippen molar-refractivity contribution in [2.45, 2.75) is 6.04 Å². The molecule has 0 radical (unpaired) electrons. The predicted molar refractivity (Wildman–Crippen MR) is 69.9 cm³/mol. The van der Waals surface area contributed by atoms with Gasteiger partial charge >= 0.3 is 6.03 Å². The van der Waals surface area contributed by atoms with Gasteiger partial charge in [0.25, 0.3) is 0 Å². The van der Waals surface area contributed by atoms with Gasteiger partial charge < -0.3 is 20.7 Å². The number of benzene rings is 1. The Bertz CT molecular complexity index is 453. The van der Waals surface area contributed by atoms with Crippen molar-refractivity contribution < 1.29 is 9.53 Å². The first-order valence-electron chi connectivity index (χ1n) is 5.75. The van der Waals surface area contributed by atoms with Crippen molar-refractivity contribution in [2.75, 3.05) is 26.7 Å². The zero-order valence-corrected chi connectivity index (χ0v) is 10.9. The lowest BCUT2D eigenvalue weighted by Gasteiger charge is -2.23. The molecule has 1 heterocycles. The van der Waals surface area contributed by atoms with Gasteiger partial charge in [-0.2, -0.15) is 0 Å². The molecule has 1 atom stereocenters. The number of methoxy groups -OCH3 is 1. The number of halogens is 1. The highest BCUT2D eigenvalue weighted by atomic mass is 35.5. The lowest BCUT2D eigenvalue weighted by atomic mass is 10.1. The molecule has 5 nitrogen and oxygen atoms in total. The van der Waals surface area contributed by atoms with E-state index in [9.17, 15) is 4.79 Å². The minimum absolute atomic E-state index is 0.0237. The highest BCUT2D eigenvalue weighted by Gasteiger charge is 2.31. The van der Waals surface area contributed by atoms with Crippen molar-refractivity contribution in [3.05, 3.63) is 28.8 Å². The van der Waals surface area contributed by atoms with E-state index in [2.05, 4.69) is 5.32 Å². The maximum absolute atomic E-state index is 11.7. The minimum Gasteiger partial charge on any atom is -0.495 e. The van der Waals surface area contributed by atoms with Gasteiger partial charge in [0.2, 0.25) is 0 Å². The zero-order chi connectivity index (χ0) is 13.1. The monoisotopic (exact) mass is 269 g/mol. The Morgan fingerprint density at radius 1 is 1.61 bits per heavy atom. The molecule has 98 valence electrons. The molecule has 0 saturated carbocycles. The van der Waals surface area contributed by atoms with E-state index in [1.807, 2.05) is 12.1 Å². The van der Waals surface area contributed by atoms with Gasteiger partial charge in [-0.1, -0.05) is 17.7 Å². The van der Waals surface area contributed by atoms with Crippen LogP contribution in [0.15, 0.2) is 18.2 Å². The fourth-order valence-corrected chi connectivity index (χ4v) is 2.39. The van der Waals surface area contributed by atoms with E-state index in [1.165, 1.54) is 0 Å². The summed E-state index contributed by atoms with van der Waals surface area (Å²) in [4.78, 5) is 13.4. The number of carbonyl (C=O) groups excluding carboxylic acids is 1. The topological polar surface area (TPSA) is 67.6 Å². The van der Waals surface area contributed by atoms with Crippen LogP contribution in [0.2, 0.25) is 5.02 Å². The molecule has 0 bridgehead atoms. The molecule has 1 aromatic rings. The first-order valence-corrected chi connectivity index (χ1v) is 6.13. The van der Waals surface area contributed by atoms with Gasteiger partial charge in [0.05, 0.1) is 18.2 Å². The number of urea groups is 1. The largest absolute Gasteiger partial charge is 0.495 e. The van der Waals surface area contributed by atoms with Crippen LogP contribution in [0.3, 0.4) is 0 Å². The highest BCUT2D eigenvalue weighted by molar-refractivity contribution is 6.32. The van der Waals surface area contributed by atoms with E-state index >= 15 is 0 Å². The van der Waals surface area contributed by atoms with Crippen LogP contribution in [-0.2, 0) is 0 Å². The van der Waals surface area contributed by atoms with Crippen molar-refractivity contribution in [1.29, 1.82) is 0 Å². The van der Waals surface area contributed by atoms with Crippen LogP contribution in [0.1, 0.15) is 11.6 Å². The summed E-state index contributed by atoms with van der Waals surface area (Å²) >= 11 is 6.10. The summed E-state index contributed by atoms with van der Waals surface area (Å²) in [6.07, 6.45) is 0. The summed E-state index contributed by atoms with van der Waals surface area (Å²) in [6.45, 7) is 1.54. The number of ether oxygens (including phenoxy) is 1. The number of carbonyl (C=O) groups is 1. The third kappa shape index (κ3) is 2.37. The first kappa shape index (κ1) is 13.0. The zero-order valence-electron chi connectivity index (χ0n) is 10.1. The summed E-state index contributed by atoms with van der Waals surface area (Å²) in [5, 5.41) is 3.35. The van der Waals surface area contributed by atoms with E-state index < -0.39 is 0 Å². The van der Waals surface area contributed by atoms with Crippen molar-refractivity contribution >= 4 is 17.6 Å². The second-order valence-electron chi connectivity index (χ2n) is 4.08. The summed E-state index contributed by atoms with van der Waals surface area (Å²) in [7, 11) is 1.57. The molecule has 0 spiro atoms. The van der Waals surface area contributed by atoms with Crippen LogP contribution >= 0.6 is 11.6 Å². The molecule has 3 N–H and O–H groups in total. The van der Waals surface area contributed by atoms with E-state index in [0.29, 0.717) is 30.4 Å². The fraction of sp³-hybridized carbons (Fsp3) is 0.417. The highest BCUT2D eigenvalue weighted by Crippen LogP contribution is 2.31. The summed E-state index contributed by atoms with van der Waals surface area (Å²) in [5.74, 6) is 0.628. The molecule has 0 aliphatic carbocycles. The Hall–Kier alpha value is -1.46. The summed E-state index contributed by atoms with van der Waals surface area (Å²) in [5.41, 5.74) is 6.50. The van der Waals surface area contributed by atoms with Crippen molar-refractivity contribution in [1.82, 2.24) is 10.2 Å². The molecule has 0 aromatic heterocycles. The lowest BCUT2D eigenvalue weighted by molar-refractivity contribution is 0.206. The maximum Gasteiger partial charge on any atom is 0.318 e. The van der Waals surface area contributed by atoms with Gasteiger partial charge in [-0.25, -0.2) is 4.79 Å². The molecule has 1 aliphatic heterocycles. The molecule has 1 aromatic carbocycles. The summed E-state index contributed by atoms with van der Waals surface area (Å²) < 4.78 is 5.11. The Kier molecular flexibility index (Phi) is 3.93. The van der Waals surface area contributed by atoms with Gasteiger partial charge in [-0.3, -0.25) is 0 Å². The van der Waals surface area contributed by atoms with Crippen LogP contribution in [0.5, 0.6) is 5.75 Å². The molecular weight excluding hydrogens is 254 g/mol. The fourth-order valence-electron chi connectivity index (χ4n) is 2.12. The number of rotatable bonds is 4. The van der Waals surface area contributed by atoms with Gasteiger partial charge in [-0.05, 0) is 17.7 Å². The quantitative estimate of drug-likeness (QED) is 0.868. The van der Waals surface area contributed by atoms with Crippen LogP contribution < -0.4 is 15.8 Å². The Balaban J connectivity index is 2.25. The standard InChI is InChI=1S/C12H16ClN3O2/c1-18-11-3-2-8(6-9(11)13)10-7-15-12(17)16(10)5-4-14/h2-3,6,10H,4-5,7,14H2,1H3,(H,15,17). The lowest BCUT2D eigenvalue weighted by Crippen LogP contribution is -2.34. The summed E-state index contributed by atoms with van der Waals surface area (Å²) in [6, 6.07) is 5.44. The molecule has 18 heavy (non-hydrogen) atoms. The molecule has 2 rings (SSSR count). The average Bonchev–Trinajstić information content (AvgIpc) is 2.72. The van der Waals surface area contributed by atoms with Crippen molar-refractivity contribution in [3.63, 3.8) is 0 Å². The molecule has 1 saturated heterocycles. The van der Waals surface area contributed by atoms with E-state index in [0.717, 1.165) is 5.56 Å². The normalized spacial score (nSPS) is 18.9. The number of nitrogens with one attached hydrogen (secondary N) is 1. The van der Waals surface area contributed by atoms with Crippen LogP contribution in [0.25, 0.3) is 0 Å². The molecular formula is C12H16ClN3O2.